The largest absolute Gasteiger partial charge is 0.476 e. The van der Waals surface area contributed by atoms with E-state index in [1.54, 1.807) is 42.4 Å². The zero-order valence-corrected chi connectivity index (χ0v) is 15.6. The van der Waals surface area contributed by atoms with Crippen molar-refractivity contribution in [3.8, 4) is 5.75 Å². The van der Waals surface area contributed by atoms with Crippen LogP contribution in [0, 0.1) is 0 Å². The number of nitrogens with zero attached hydrogens (tertiary/aromatic N) is 1. The molecule has 0 bridgehead atoms. The molecule has 1 heterocycles. The highest BCUT2D eigenvalue weighted by Crippen LogP contribution is 2.39. The maximum absolute atomic E-state index is 13.1. The Morgan fingerprint density at radius 3 is 2.57 bits per heavy atom. The number of hydrogen-bond acceptors (Lipinski definition) is 4. The lowest BCUT2D eigenvalue weighted by Gasteiger charge is -2.39. The van der Waals surface area contributed by atoms with Crippen molar-refractivity contribution in [2.75, 3.05) is 4.90 Å². The van der Waals surface area contributed by atoms with Gasteiger partial charge in [0.15, 0.2) is 5.60 Å². The molecular formula is C22H20N2O4. The minimum absolute atomic E-state index is 0.199. The van der Waals surface area contributed by atoms with Crippen molar-refractivity contribution in [1.29, 1.82) is 0 Å². The molecule has 1 aliphatic rings. The van der Waals surface area contributed by atoms with Crippen LogP contribution in [0.5, 0.6) is 5.75 Å². The Bertz CT molecular complexity index is 1090. The van der Waals surface area contributed by atoms with Gasteiger partial charge in [-0.05, 0) is 54.4 Å². The van der Waals surface area contributed by atoms with Gasteiger partial charge in [-0.1, -0.05) is 36.4 Å². The van der Waals surface area contributed by atoms with Gasteiger partial charge in [0, 0.05) is 5.56 Å². The molecule has 0 spiro atoms. The van der Waals surface area contributed by atoms with Gasteiger partial charge < -0.3 is 9.64 Å². The van der Waals surface area contributed by atoms with Crippen LogP contribution in [0.25, 0.3) is 10.8 Å². The van der Waals surface area contributed by atoms with Crippen molar-refractivity contribution < 1.29 is 19.5 Å². The molecule has 2 N–H and O–H groups in total. The number of fused-ring (bicyclic) bond motifs is 2. The van der Waals surface area contributed by atoms with Gasteiger partial charge in [0.2, 0.25) is 0 Å². The first-order chi connectivity index (χ1) is 13.4. The minimum Gasteiger partial charge on any atom is -0.476 e. The van der Waals surface area contributed by atoms with Gasteiger partial charge in [0.1, 0.15) is 5.75 Å². The third kappa shape index (κ3) is 3.08. The second-order valence-corrected chi connectivity index (χ2v) is 7.31. The van der Waals surface area contributed by atoms with Crippen LogP contribution < -0.4 is 15.1 Å². The van der Waals surface area contributed by atoms with Gasteiger partial charge >= 0.3 is 0 Å². The molecule has 0 aromatic heterocycles. The van der Waals surface area contributed by atoms with Crippen LogP contribution in [-0.4, -0.2) is 22.6 Å². The smallest absolute Gasteiger partial charge is 0.274 e. The third-order valence-electron chi connectivity index (χ3n) is 4.89. The number of nitrogens with one attached hydrogen (secondary N) is 1. The van der Waals surface area contributed by atoms with Crippen LogP contribution >= 0.6 is 0 Å². The van der Waals surface area contributed by atoms with Crippen molar-refractivity contribution >= 4 is 28.3 Å². The highest BCUT2D eigenvalue weighted by molar-refractivity contribution is 6.04. The van der Waals surface area contributed by atoms with Gasteiger partial charge in [-0.3, -0.25) is 14.8 Å². The molecule has 6 nitrogen and oxygen atoms in total. The van der Waals surface area contributed by atoms with E-state index in [0.29, 0.717) is 18.0 Å². The maximum Gasteiger partial charge on any atom is 0.274 e. The van der Waals surface area contributed by atoms with Gasteiger partial charge in [0.25, 0.3) is 11.8 Å². The molecule has 2 amide bonds. The van der Waals surface area contributed by atoms with E-state index in [9.17, 15) is 9.59 Å². The molecule has 6 heteroatoms. The van der Waals surface area contributed by atoms with Crippen LogP contribution in [0.3, 0.4) is 0 Å². The van der Waals surface area contributed by atoms with Crippen molar-refractivity contribution in [2.24, 2.45) is 0 Å². The number of rotatable bonds is 3. The summed E-state index contributed by atoms with van der Waals surface area (Å²) >= 11 is 0. The standard InChI is InChI=1S/C22H20N2O4/c1-22(2)21(26)24(13-14-7-8-15-5-3-4-6-16(15)11-14)18-12-17(20(25)23-27)9-10-19(18)28-22/h3-12,27H,13H2,1-2H3,(H,23,25). The van der Waals surface area contributed by atoms with E-state index >= 15 is 0 Å². The molecule has 0 unspecified atom stereocenters. The van der Waals surface area contributed by atoms with E-state index in [0.717, 1.165) is 16.3 Å². The molecule has 0 saturated heterocycles. The third-order valence-corrected chi connectivity index (χ3v) is 4.89. The van der Waals surface area contributed by atoms with Gasteiger partial charge in [-0.15, -0.1) is 0 Å². The highest BCUT2D eigenvalue weighted by Gasteiger charge is 2.41. The number of ether oxygens (including phenoxy) is 1. The van der Waals surface area contributed by atoms with E-state index in [1.165, 1.54) is 0 Å². The molecule has 142 valence electrons. The molecule has 0 fully saturated rings. The molecule has 4 rings (SSSR count). The average Bonchev–Trinajstić information content (AvgIpc) is 2.70. The van der Waals surface area contributed by atoms with Crippen molar-refractivity contribution in [3.05, 3.63) is 71.8 Å². The predicted octanol–water partition coefficient (Wildman–Crippen LogP) is 3.66. The highest BCUT2D eigenvalue weighted by atomic mass is 16.5. The molecule has 3 aromatic rings. The summed E-state index contributed by atoms with van der Waals surface area (Å²) in [6, 6.07) is 18.8. The fourth-order valence-electron chi connectivity index (χ4n) is 3.45. The lowest BCUT2D eigenvalue weighted by molar-refractivity contribution is -0.132. The monoisotopic (exact) mass is 376 g/mol. The zero-order chi connectivity index (χ0) is 19.9. The average molecular weight is 376 g/mol. The molecule has 0 radical (unpaired) electrons. The second-order valence-electron chi connectivity index (χ2n) is 7.31. The van der Waals surface area contributed by atoms with E-state index in [-0.39, 0.29) is 11.5 Å². The summed E-state index contributed by atoms with van der Waals surface area (Å²) in [6.07, 6.45) is 0. The van der Waals surface area contributed by atoms with E-state index < -0.39 is 11.5 Å². The zero-order valence-electron chi connectivity index (χ0n) is 15.6. The maximum atomic E-state index is 13.1. The summed E-state index contributed by atoms with van der Waals surface area (Å²) in [4.78, 5) is 26.5. The minimum atomic E-state index is -1.02. The molecule has 0 aliphatic carbocycles. The number of carbonyl (C=O) groups is 2. The first kappa shape index (κ1) is 18.0. The van der Waals surface area contributed by atoms with E-state index in [2.05, 4.69) is 6.07 Å². The second kappa shape index (κ2) is 6.65. The molecule has 1 aliphatic heterocycles. The van der Waals surface area contributed by atoms with Crippen LogP contribution in [0.15, 0.2) is 60.7 Å². The van der Waals surface area contributed by atoms with Crippen LogP contribution in [0.1, 0.15) is 29.8 Å². The molecule has 3 aromatic carbocycles. The summed E-state index contributed by atoms with van der Waals surface area (Å²) < 4.78 is 5.85. The quantitative estimate of drug-likeness (QED) is 0.540. The van der Waals surface area contributed by atoms with E-state index in [1.807, 2.05) is 36.4 Å². The van der Waals surface area contributed by atoms with Gasteiger partial charge in [0.05, 0.1) is 12.2 Å². The Kier molecular flexibility index (Phi) is 4.28. The van der Waals surface area contributed by atoms with Crippen molar-refractivity contribution in [2.45, 2.75) is 26.0 Å². The topological polar surface area (TPSA) is 78.9 Å². The van der Waals surface area contributed by atoms with Crippen molar-refractivity contribution in [3.63, 3.8) is 0 Å². The lowest BCUT2D eigenvalue weighted by atomic mass is 10.0. The number of anilines is 1. The van der Waals surface area contributed by atoms with Gasteiger partial charge in [-0.2, -0.15) is 0 Å². The first-order valence-electron chi connectivity index (χ1n) is 8.96. The molecule has 0 atom stereocenters. The van der Waals surface area contributed by atoms with Gasteiger partial charge in [-0.25, -0.2) is 5.48 Å². The number of amides is 2. The predicted molar refractivity (Wildman–Crippen MR) is 106 cm³/mol. The Balaban J connectivity index is 1.77. The Morgan fingerprint density at radius 2 is 1.82 bits per heavy atom. The summed E-state index contributed by atoms with van der Waals surface area (Å²) in [5, 5.41) is 11.1. The van der Waals surface area contributed by atoms with Crippen LogP contribution in [0.4, 0.5) is 5.69 Å². The van der Waals surface area contributed by atoms with Crippen LogP contribution in [-0.2, 0) is 11.3 Å². The number of hydrogen-bond donors (Lipinski definition) is 2. The molecule has 28 heavy (non-hydrogen) atoms. The summed E-state index contributed by atoms with van der Waals surface area (Å²) in [5.74, 6) is -0.333. The Labute approximate surface area is 162 Å². The fraction of sp³-hybridized carbons (Fsp3) is 0.182. The number of benzene rings is 3. The first-order valence-corrected chi connectivity index (χ1v) is 8.96. The summed E-state index contributed by atoms with van der Waals surface area (Å²) in [6.45, 7) is 3.79. The van der Waals surface area contributed by atoms with Crippen LogP contribution in [0.2, 0.25) is 0 Å². The van der Waals surface area contributed by atoms with E-state index in [4.69, 9.17) is 9.94 Å². The SMILES string of the molecule is CC1(C)Oc2ccc(C(=O)NO)cc2N(Cc2ccc3ccccc3c2)C1=O. The number of carbonyl (C=O) groups excluding carboxylic acids is 2. The van der Waals surface area contributed by atoms with Crippen molar-refractivity contribution in [1.82, 2.24) is 5.48 Å². The Hall–Kier alpha value is -3.38. The summed E-state index contributed by atoms with van der Waals surface area (Å²) in [7, 11) is 0. The molecular weight excluding hydrogens is 356 g/mol. The fourth-order valence-corrected chi connectivity index (χ4v) is 3.45. The normalized spacial score (nSPS) is 15.1. The molecule has 0 saturated carbocycles. The Morgan fingerprint density at radius 1 is 1.07 bits per heavy atom. The summed E-state index contributed by atoms with van der Waals surface area (Å²) in [5.41, 5.74) is 2.29. The lowest BCUT2D eigenvalue weighted by Crippen LogP contribution is -2.52. The number of hydroxylamine groups is 1.